The molecule has 0 aliphatic carbocycles. The SMILES string of the molecule is Cc1c(C(=O)Nc2cc(F)c(F)c(F)c2)c(Cl)c(C(=O)C(=O)NCC(C)(C)O)n1C. The van der Waals surface area contributed by atoms with Crippen LogP contribution < -0.4 is 10.6 Å². The molecule has 0 bridgehead atoms. The normalized spacial score (nSPS) is 11.4. The van der Waals surface area contributed by atoms with Crippen molar-refractivity contribution in [2.24, 2.45) is 7.05 Å². The summed E-state index contributed by atoms with van der Waals surface area (Å²) in [7, 11) is 1.39. The molecule has 11 heteroatoms. The fourth-order valence-electron chi connectivity index (χ4n) is 2.58. The number of nitrogens with one attached hydrogen (secondary N) is 2. The van der Waals surface area contributed by atoms with E-state index in [1.165, 1.54) is 32.4 Å². The molecular formula is C19H19ClF3N3O4. The van der Waals surface area contributed by atoms with Crippen LogP contribution >= 0.6 is 11.6 Å². The van der Waals surface area contributed by atoms with Crippen LogP contribution in [-0.2, 0) is 11.8 Å². The Morgan fingerprint density at radius 1 is 1.17 bits per heavy atom. The second kappa shape index (κ2) is 8.49. The molecule has 1 aromatic heterocycles. The third kappa shape index (κ3) is 4.82. The van der Waals surface area contributed by atoms with E-state index in [0.29, 0.717) is 12.1 Å². The zero-order chi connectivity index (χ0) is 23.0. The highest BCUT2D eigenvalue weighted by Crippen LogP contribution is 2.29. The number of halogens is 4. The number of aliphatic hydroxyl groups is 1. The van der Waals surface area contributed by atoms with Crippen molar-refractivity contribution in [1.29, 1.82) is 0 Å². The lowest BCUT2D eigenvalue weighted by Gasteiger charge is -2.17. The van der Waals surface area contributed by atoms with E-state index in [1.54, 1.807) is 0 Å². The summed E-state index contributed by atoms with van der Waals surface area (Å²) in [6, 6.07) is 1.16. The van der Waals surface area contributed by atoms with Gasteiger partial charge in [-0.1, -0.05) is 11.6 Å². The number of carbonyl (C=O) groups excluding carboxylic acids is 3. The van der Waals surface area contributed by atoms with Gasteiger partial charge < -0.3 is 20.3 Å². The van der Waals surface area contributed by atoms with Crippen molar-refractivity contribution in [3.8, 4) is 0 Å². The van der Waals surface area contributed by atoms with Crippen LogP contribution in [0.4, 0.5) is 18.9 Å². The average molecular weight is 446 g/mol. The zero-order valence-corrected chi connectivity index (χ0v) is 17.2. The van der Waals surface area contributed by atoms with Crippen molar-refractivity contribution >= 4 is 34.9 Å². The number of aromatic nitrogens is 1. The van der Waals surface area contributed by atoms with Crippen molar-refractivity contribution < 1.29 is 32.7 Å². The van der Waals surface area contributed by atoms with Crippen LogP contribution in [0, 0.1) is 24.4 Å². The van der Waals surface area contributed by atoms with Gasteiger partial charge in [-0.15, -0.1) is 0 Å². The molecule has 0 atom stereocenters. The van der Waals surface area contributed by atoms with Gasteiger partial charge in [-0.05, 0) is 20.8 Å². The molecule has 162 valence electrons. The number of nitrogens with zero attached hydrogens (tertiary/aromatic N) is 1. The number of anilines is 1. The number of carbonyl (C=O) groups is 3. The summed E-state index contributed by atoms with van der Waals surface area (Å²) in [5, 5.41) is 13.7. The molecule has 0 saturated carbocycles. The summed E-state index contributed by atoms with van der Waals surface area (Å²) >= 11 is 6.17. The van der Waals surface area contributed by atoms with Gasteiger partial charge >= 0.3 is 0 Å². The molecule has 2 aromatic rings. The summed E-state index contributed by atoms with van der Waals surface area (Å²) in [4.78, 5) is 37.2. The largest absolute Gasteiger partial charge is 0.389 e. The van der Waals surface area contributed by atoms with Gasteiger partial charge in [0.15, 0.2) is 17.5 Å². The molecule has 0 radical (unpaired) electrons. The maximum atomic E-state index is 13.4. The predicted molar refractivity (Wildman–Crippen MR) is 103 cm³/mol. The van der Waals surface area contributed by atoms with Crippen LogP contribution in [0.5, 0.6) is 0 Å². The van der Waals surface area contributed by atoms with E-state index in [0.717, 1.165) is 0 Å². The lowest BCUT2D eigenvalue weighted by Crippen LogP contribution is -2.41. The molecule has 0 fully saturated rings. The van der Waals surface area contributed by atoms with Gasteiger partial charge in [0.05, 0.1) is 16.2 Å². The summed E-state index contributed by atoms with van der Waals surface area (Å²) in [6.45, 7) is 4.10. The Labute approximate surface area is 174 Å². The molecule has 0 unspecified atom stereocenters. The minimum Gasteiger partial charge on any atom is -0.389 e. The number of Topliss-reactive ketones (excluding diaryl/α,β-unsaturated/α-hetero) is 1. The predicted octanol–water partition coefficient (Wildman–Crippen LogP) is 2.73. The van der Waals surface area contributed by atoms with Crippen LogP contribution in [0.3, 0.4) is 0 Å². The summed E-state index contributed by atoms with van der Waals surface area (Å²) in [5.74, 6) is -7.70. The first-order chi connectivity index (χ1) is 13.7. The highest BCUT2D eigenvalue weighted by molar-refractivity contribution is 6.48. The number of hydrogen-bond donors (Lipinski definition) is 3. The van der Waals surface area contributed by atoms with Crippen molar-refractivity contribution in [1.82, 2.24) is 9.88 Å². The van der Waals surface area contributed by atoms with Gasteiger partial charge in [0.25, 0.3) is 17.6 Å². The average Bonchev–Trinajstić information content (AvgIpc) is 2.85. The number of benzene rings is 1. The molecule has 2 amide bonds. The van der Waals surface area contributed by atoms with E-state index in [1.807, 2.05) is 0 Å². The van der Waals surface area contributed by atoms with Gasteiger partial charge in [0, 0.05) is 37.1 Å². The lowest BCUT2D eigenvalue weighted by atomic mass is 10.1. The monoisotopic (exact) mass is 445 g/mol. The van der Waals surface area contributed by atoms with E-state index in [2.05, 4.69) is 10.6 Å². The standard InChI is InChI=1S/C19H19ClF3N3O4/c1-8-12(17(28)25-9-5-10(21)14(23)11(22)6-9)13(20)15(26(8)4)16(27)18(29)24-7-19(2,3)30/h5-6,30H,7H2,1-4H3,(H,24,29)(H,25,28). The number of amides is 2. The topological polar surface area (TPSA) is 100 Å². The number of rotatable bonds is 6. The Morgan fingerprint density at radius 3 is 2.20 bits per heavy atom. The molecule has 7 nitrogen and oxygen atoms in total. The molecule has 3 N–H and O–H groups in total. The maximum absolute atomic E-state index is 13.4. The summed E-state index contributed by atoms with van der Waals surface area (Å²) in [5.41, 5.74) is -1.92. The van der Waals surface area contributed by atoms with E-state index in [9.17, 15) is 32.7 Å². The molecule has 1 heterocycles. The van der Waals surface area contributed by atoms with Gasteiger partial charge in [-0.2, -0.15) is 0 Å². The van der Waals surface area contributed by atoms with Gasteiger partial charge in [-0.25, -0.2) is 13.2 Å². The van der Waals surface area contributed by atoms with Gasteiger partial charge in [0.2, 0.25) is 0 Å². The van der Waals surface area contributed by atoms with Crippen molar-refractivity contribution in [3.63, 3.8) is 0 Å². The van der Waals surface area contributed by atoms with Crippen molar-refractivity contribution in [2.75, 3.05) is 11.9 Å². The fourth-order valence-corrected chi connectivity index (χ4v) is 3.02. The first-order valence-electron chi connectivity index (χ1n) is 8.60. The molecule has 1 aromatic carbocycles. The summed E-state index contributed by atoms with van der Waals surface area (Å²) in [6.07, 6.45) is 0. The third-order valence-corrected chi connectivity index (χ3v) is 4.57. The minimum absolute atomic E-state index is 0.194. The molecular weight excluding hydrogens is 427 g/mol. The Morgan fingerprint density at radius 2 is 1.70 bits per heavy atom. The first kappa shape index (κ1) is 23.4. The highest BCUT2D eigenvalue weighted by atomic mass is 35.5. The van der Waals surface area contributed by atoms with Crippen LogP contribution in [0.1, 0.15) is 40.4 Å². The van der Waals surface area contributed by atoms with Gasteiger partial charge in [-0.3, -0.25) is 14.4 Å². The molecule has 2 rings (SSSR count). The number of hydrogen-bond acceptors (Lipinski definition) is 4. The molecule has 30 heavy (non-hydrogen) atoms. The van der Waals surface area contributed by atoms with E-state index < -0.39 is 40.7 Å². The zero-order valence-electron chi connectivity index (χ0n) is 16.5. The highest BCUT2D eigenvalue weighted by Gasteiger charge is 2.30. The smallest absolute Gasteiger partial charge is 0.294 e. The summed E-state index contributed by atoms with van der Waals surface area (Å²) < 4.78 is 41.0. The van der Waals surface area contributed by atoms with Crippen LogP contribution in [-0.4, -0.2) is 39.4 Å². The Hall–Kier alpha value is -2.85. The molecule has 0 aliphatic heterocycles. The quantitative estimate of drug-likeness (QED) is 0.361. The van der Waals surface area contributed by atoms with Crippen LogP contribution in [0.2, 0.25) is 5.02 Å². The Kier molecular flexibility index (Phi) is 6.63. The second-order valence-electron chi connectivity index (χ2n) is 7.21. The molecule has 0 aliphatic rings. The van der Waals surface area contributed by atoms with Crippen molar-refractivity contribution in [2.45, 2.75) is 26.4 Å². The third-order valence-electron chi connectivity index (χ3n) is 4.20. The molecule has 0 spiro atoms. The van der Waals surface area contributed by atoms with Crippen molar-refractivity contribution in [3.05, 3.63) is 51.6 Å². The maximum Gasteiger partial charge on any atom is 0.294 e. The second-order valence-corrected chi connectivity index (χ2v) is 7.59. The minimum atomic E-state index is -1.69. The molecule has 0 saturated heterocycles. The lowest BCUT2D eigenvalue weighted by molar-refractivity contribution is -0.118. The van der Waals surface area contributed by atoms with E-state index in [-0.39, 0.29) is 34.2 Å². The number of ketones is 1. The Balaban J connectivity index is 2.34. The first-order valence-corrected chi connectivity index (χ1v) is 8.98. The fraction of sp³-hybridized carbons (Fsp3) is 0.316. The van der Waals surface area contributed by atoms with E-state index >= 15 is 0 Å². The van der Waals surface area contributed by atoms with E-state index in [4.69, 9.17) is 11.6 Å². The van der Waals surface area contributed by atoms with Gasteiger partial charge in [0.1, 0.15) is 5.69 Å². The van der Waals surface area contributed by atoms with Crippen LogP contribution in [0.15, 0.2) is 12.1 Å². The van der Waals surface area contributed by atoms with Crippen LogP contribution in [0.25, 0.3) is 0 Å². The Bertz CT molecular complexity index is 1020.